The minimum absolute atomic E-state index is 0.546. The molecule has 1 aliphatic carbocycles. The van der Waals surface area contributed by atoms with Crippen molar-refractivity contribution in [3.05, 3.63) is 18.2 Å². The van der Waals surface area contributed by atoms with Gasteiger partial charge in [-0.15, -0.1) is 0 Å². The summed E-state index contributed by atoms with van der Waals surface area (Å²) in [7, 11) is 1.63. The van der Waals surface area contributed by atoms with Crippen molar-refractivity contribution in [1.82, 2.24) is 0 Å². The van der Waals surface area contributed by atoms with Crippen LogP contribution in [0.1, 0.15) is 38.5 Å². The quantitative estimate of drug-likeness (QED) is 0.578. The van der Waals surface area contributed by atoms with Gasteiger partial charge in [0.2, 0.25) is 0 Å². The smallest absolute Gasteiger partial charge is 0.121 e. The number of hydrogen-bond donors (Lipinski definition) is 3. The molecule has 0 saturated heterocycles. The van der Waals surface area contributed by atoms with Crippen LogP contribution in [0, 0.1) is 0 Å². The van der Waals surface area contributed by atoms with Crippen LogP contribution in [0.5, 0.6) is 5.75 Å². The molecular formula is C15H24N2O2. The van der Waals surface area contributed by atoms with E-state index in [4.69, 9.17) is 10.5 Å². The molecule has 0 heterocycles. The lowest BCUT2D eigenvalue weighted by molar-refractivity contribution is 0.0381. The fraction of sp³-hybridized carbons (Fsp3) is 0.600. The summed E-state index contributed by atoms with van der Waals surface area (Å²) in [6.45, 7) is 0.546. The van der Waals surface area contributed by atoms with Crippen LogP contribution in [-0.2, 0) is 0 Å². The topological polar surface area (TPSA) is 67.5 Å². The van der Waals surface area contributed by atoms with Crippen LogP contribution >= 0.6 is 0 Å². The van der Waals surface area contributed by atoms with E-state index in [2.05, 4.69) is 5.32 Å². The highest BCUT2D eigenvalue weighted by Crippen LogP contribution is 2.29. The van der Waals surface area contributed by atoms with E-state index >= 15 is 0 Å². The third kappa shape index (κ3) is 3.77. The summed E-state index contributed by atoms with van der Waals surface area (Å²) in [4.78, 5) is 0. The van der Waals surface area contributed by atoms with Crippen molar-refractivity contribution in [1.29, 1.82) is 0 Å². The van der Waals surface area contributed by atoms with Crippen LogP contribution in [0.4, 0.5) is 11.4 Å². The average Bonchev–Trinajstić information content (AvgIpc) is 2.63. The summed E-state index contributed by atoms with van der Waals surface area (Å²) < 4.78 is 5.19. The second kappa shape index (κ2) is 6.15. The highest BCUT2D eigenvalue weighted by molar-refractivity contribution is 5.68. The third-order valence-corrected chi connectivity index (χ3v) is 3.90. The van der Waals surface area contributed by atoms with Crippen molar-refractivity contribution in [2.75, 3.05) is 24.7 Å². The second-order valence-corrected chi connectivity index (χ2v) is 5.45. The lowest BCUT2D eigenvalue weighted by atomic mass is 9.94. The highest BCUT2D eigenvalue weighted by atomic mass is 16.5. The van der Waals surface area contributed by atoms with E-state index in [0.717, 1.165) is 37.1 Å². The van der Waals surface area contributed by atoms with Crippen molar-refractivity contribution in [3.63, 3.8) is 0 Å². The molecule has 4 heteroatoms. The SMILES string of the molecule is COc1ccc(N)c(NCC2(O)CCCCCC2)c1. The van der Waals surface area contributed by atoms with E-state index in [1.54, 1.807) is 7.11 Å². The normalized spacial score (nSPS) is 18.6. The minimum atomic E-state index is -0.605. The molecule has 1 aromatic rings. The Morgan fingerprint density at radius 3 is 2.58 bits per heavy atom. The van der Waals surface area contributed by atoms with Crippen molar-refractivity contribution in [2.24, 2.45) is 0 Å². The van der Waals surface area contributed by atoms with Crippen molar-refractivity contribution < 1.29 is 9.84 Å². The molecule has 0 amide bonds. The molecular weight excluding hydrogens is 240 g/mol. The van der Waals surface area contributed by atoms with Crippen LogP contribution in [0.25, 0.3) is 0 Å². The molecule has 106 valence electrons. The molecule has 0 aromatic heterocycles. The maximum atomic E-state index is 10.6. The summed E-state index contributed by atoms with van der Waals surface area (Å²) in [6.07, 6.45) is 6.39. The minimum Gasteiger partial charge on any atom is -0.497 e. The van der Waals surface area contributed by atoms with Crippen molar-refractivity contribution in [3.8, 4) is 5.75 Å². The van der Waals surface area contributed by atoms with Gasteiger partial charge in [0.1, 0.15) is 5.75 Å². The standard InChI is InChI=1S/C15H24N2O2/c1-19-12-6-7-13(16)14(10-12)17-11-15(18)8-4-2-3-5-9-15/h6-7,10,17-18H,2-5,8-9,11,16H2,1H3. The molecule has 0 bridgehead atoms. The summed E-state index contributed by atoms with van der Waals surface area (Å²) in [5.41, 5.74) is 6.84. The van der Waals surface area contributed by atoms with Crippen LogP contribution in [0.3, 0.4) is 0 Å². The Balaban J connectivity index is 2.00. The van der Waals surface area contributed by atoms with Crippen molar-refractivity contribution in [2.45, 2.75) is 44.1 Å². The van der Waals surface area contributed by atoms with Gasteiger partial charge in [0, 0.05) is 12.6 Å². The first-order valence-electron chi connectivity index (χ1n) is 7.03. The van der Waals surface area contributed by atoms with E-state index in [9.17, 15) is 5.11 Å². The molecule has 1 aromatic carbocycles. The fourth-order valence-corrected chi connectivity index (χ4v) is 2.64. The Kier molecular flexibility index (Phi) is 4.53. The number of anilines is 2. The zero-order valence-corrected chi connectivity index (χ0v) is 11.6. The van der Waals surface area contributed by atoms with Gasteiger partial charge >= 0.3 is 0 Å². The van der Waals surface area contributed by atoms with E-state index in [1.165, 1.54) is 12.8 Å². The van der Waals surface area contributed by atoms with Gasteiger partial charge in [-0.05, 0) is 25.0 Å². The molecule has 0 aliphatic heterocycles. The molecule has 0 radical (unpaired) electrons. The zero-order chi connectivity index (χ0) is 13.7. The van der Waals surface area contributed by atoms with Gasteiger partial charge in [-0.1, -0.05) is 25.7 Å². The number of nitrogen functional groups attached to an aromatic ring is 1. The van der Waals surface area contributed by atoms with Gasteiger partial charge in [-0.25, -0.2) is 0 Å². The molecule has 1 fully saturated rings. The highest BCUT2D eigenvalue weighted by Gasteiger charge is 2.27. The van der Waals surface area contributed by atoms with E-state index in [-0.39, 0.29) is 0 Å². The number of aliphatic hydroxyl groups is 1. The monoisotopic (exact) mass is 264 g/mol. The van der Waals surface area contributed by atoms with Crippen LogP contribution < -0.4 is 15.8 Å². The first kappa shape index (κ1) is 14.0. The van der Waals surface area contributed by atoms with E-state index < -0.39 is 5.60 Å². The number of hydrogen-bond acceptors (Lipinski definition) is 4. The fourth-order valence-electron chi connectivity index (χ4n) is 2.64. The predicted molar refractivity (Wildman–Crippen MR) is 78.5 cm³/mol. The molecule has 0 spiro atoms. The molecule has 4 nitrogen and oxygen atoms in total. The van der Waals surface area contributed by atoms with Crippen LogP contribution in [-0.4, -0.2) is 24.4 Å². The van der Waals surface area contributed by atoms with E-state index in [0.29, 0.717) is 12.2 Å². The number of benzene rings is 1. The Hall–Kier alpha value is -1.42. The zero-order valence-electron chi connectivity index (χ0n) is 11.6. The molecule has 19 heavy (non-hydrogen) atoms. The summed E-state index contributed by atoms with van der Waals surface area (Å²) in [5, 5.41) is 13.9. The molecule has 1 saturated carbocycles. The molecule has 0 atom stereocenters. The summed E-state index contributed by atoms with van der Waals surface area (Å²) in [5.74, 6) is 0.768. The number of methoxy groups -OCH3 is 1. The second-order valence-electron chi connectivity index (χ2n) is 5.45. The van der Waals surface area contributed by atoms with Gasteiger partial charge in [-0.3, -0.25) is 0 Å². The van der Waals surface area contributed by atoms with Gasteiger partial charge in [-0.2, -0.15) is 0 Å². The number of rotatable bonds is 4. The maximum absolute atomic E-state index is 10.6. The van der Waals surface area contributed by atoms with Crippen LogP contribution in [0.15, 0.2) is 18.2 Å². The predicted octanol–water partition coefficient (Wildman–Crippen LogP) is 2.77. The summed E-state index contributed by atoms with van der Waals surface area (Å²) in [6, 6.07) is 5.52. The number of nitrogens with one attached hydrogen (secondary N) is 1. The molecule has 1 aliphatic rings. The number of ether oxygens (including phenoxy) is 1. The largest absolute Gasteiger partial charge is 0.497 e. The molecule has 0 unspecified atom stereocenters. The average molecular weight is 264 g/mol. The molecule has 2 rings (SSSR count). The lowest BCUT2D eigenvalue weighted by Crippen LogP contribution is -2.36. The van der Waals surface area contributed by atoms with Gasteiger partial charge in [0.05, 0.1) is 24.1 Å². The number of nitrogens with two attached hydrogens (primary N) is 1. The van der Waals surface area contributed by atoms with Crippen LogP contribution in [0.2, 0.25) is 0 Å². The Labute approximate surface area is 115 Å². The Morgan fingerprint density at radius 2 is 1.95 bits per heavy atom. The first-order valence-corrected chi connectivity index (χ1v) is 7.03. The summed E-state index contributed by atoms with van der Waals surface area (Å²) >= 11 is 0. The first-order chi connectivity index (χ1) is 9.13. The van der Waals surface area contributed by atoms with Gasteiger partial charge in [0.25, 0.3) is 0 Å². The van der Waals surface area contributed by atoms with E-state index in [1.807, 2.05) is 18.2 Å². The Bertz CT molecular complexity index is 413. The van der Waals surface area contributed by atoms with Crippen molar-refractivity contribution >= 4 is 11.4 Å². The molecule has 4 N–H and O–H groups in total. The maximum Gasteiger partial charge on any atom is 0.121 e. The third-order valence-electron chi connectivity index (χ3n) is 3.90. The van der Waals surface area contributed by atoms with Gasteiger partial charge in [0.15, 0.2) is 0 Å². The Morgan fingerprint density at radius 1 is 1.26 bits per heavy atom. The lowest BCUT2D eigenvalue weighted by Gasteiger charge is -2.27. The van der Waals surface area contributed by atoms with Gasteiger partial charge < -0.3 is 20.9 Å².